The average Bonchev–Trinajstić information content (AvgIpc) is 2.83. The minimum absolute atomic E-state index is 0.248. The van der Waals surface area contributed by atoms with Crippen LogP contribution in [0.3, 0.4) is 0 Å². The Bertz CT molecular complexity index is 825. The molecule has 1 atom stereocenters. The molecule has 3 rings (SSSR count). The maximum atomic E-state index is 10.4. The van der Waals surface area contributed by atoms with Crippen molar-refractivity contribution in [2.24, 2.45) is 0 Å². The maximum Gasteiger partial charge on any atom is 0.161 e. The fourth-order valence-electron chi connectivity index (χ4n) is 3.90. The Balaban J connectivity index is 1.45. The van der Waals surface area contributed by atoms with Crippen molar-refractivity contribution in [1.29, 1.82) is 0 Å². The summed E-state index contributed by atoms with van der Waals surface area (Å²) >= 11 is 0. The molecule has 32 heavy (non-hydrogen) atoms. The van der Waals surface area contributed by atoms with E-state index in [-0.39, 0.29) is 6.61 Å². The van der Waals surface area contributed by atoms with E-state index in [1.54, 1.807) is 14.2 Å². The molecule has 1 aliphatic heterocycles. The summed E-state index contributed by atoms with van der Waals surface area (Å²) in [5.74, 6) is 2.19. The second-order valence-corrected chi connectivity index (χ2v) is 8.14. The third-order valence-corrected chi connectivity index (χ3v) is 5.83. The fourth-order valence-corrected chi connectivity index (χ4v) is 3.90. The Hall–Kier alpha value is -2.32. The van der Waals surface area contributed by atoms with Crippen LogP contribution in [-0.2, 0) is 13.1 Å². The number of hydrogen-bond acceptors (Lipinski definition) is 7. The molecule has 2 aromatic rings. The lowest BCUT2D eigenvalue weighted by Crippen LogP contribution is -2.49. The number of β-amino-alcohol motifs (C(OH)–C–C–N with tert-alkyl or cyclic N) is 1. The first kappa shape index (κ1) is 24.3. The number of piperazine rings is 1. The second kappa shape index (κ2) is 12.6. The quantitative estimate of drug-likeness (QED) is 0.522. The molecule has 0 aliphatic carbocycles. The molecule has 0 bridgehead atoms. The van der Waals surface area contributed by atoms with Crippen LogP contribution in [0.2, 0.25) is 0 Å². The van der Waals surface area contributed by atoms with Crippen LogP contribution in [0.1, 0.15) is 18.1 Å². The van der Waals surface area contributed by atoms with Gasteiger partial charge < -0.3 is 29.5 Å². The number of hydrogen-bond donors (Lipinski definition) is 2. The minimum atomic E-state index is -0.530. The zero-order valence-corrected chi connectivity index (χ0v) is 19.5. The van der Waals surface area contributed by atoms with Crippen molar-refractivity contribution in [3.63, 3.8) is 0 Å². The van der Waals surface area contributed by atoms with Crippen molar-refractivity contribution in [2.45, 2.75) is 26.1 Å². The maximum absolute atomic E-state index is 10.4. The van der Waals surface area contributed by atoms with Crippen molar-refractivity contribution in [2.75, 3.05) is 60.1 Å². The topological polar surface area (TPSA) is 66.4 Å². The molecule has 0 amide bonds. The molecule has 1 fully saturated rings. The lowest BCUT2D eigenvalue weighted by molar-refractivity contribution is 0.0464. The molecule has 2 aromatic carbocycles. The molecule has 0 saturated carbocycles. The van der Waals surface area contributed by atoms with Crippen LogP contribution in [0, 0.1) is 0 Å². The second-order valence-electron chi connectivity index (χ2n) is 8.14. The van der Waals surface area contributed by atoms with Gasteiger partial charge in [-0.25, -0.2) is 0 Å². The van der Waals surface area contributed by atoms with Crippen LogP contribution in [0.4, 0.5) is 0 Å². The highest BCUT2D eigenvalue weighted by Crippen LogP contribution is 2.28. The lowest BCUT2D eigenvalue weighted by Gasteiger charge is -2.34. The van der Waals surface area contributed by atoms with Gasteiger partial charge in [0.15, 0.2) is 11.5 Å². The van der Waals surface area contributed by atoms with E-state index in [9.17, 15) is 5.11 Å². The predicted octanol–water partition coefficient (Wildman–Crippen LogP) is 2.37. The summed E-state index contributed by atoms with van der Waals surface area (Å²) < 4.78 is 16.7. The Kier molecular flexibility index (Phi) is 9.62. The van der Waals surface area contributed by atoms with Gasteiger partial charge in [0.1, 0.15) is 18.5 Å². The number of likely N-dealkylation sites (N-methyl/N-ethyl adjacent to an activating group) is 1. The van der Waals surface area contributed by atoms with Crippen molar-refractivity contribution in [3.05, 3.63) is 53.6 Å². The molecule has 0 spiro atoms. The third-order valence-electron chi connectivity index (χ3n) is 5.83. The van der Waals surface area contributed by atoms with Crippen molar-refractivity contribution in [1.82, 2.24) is 15.1 Å². The predicted molar refractivity (Wildman–Crippen MR) is 127 cm³/mol. The first-order chi connectivity index (χ1) is 15.6. The number of aliphatic hydroxyl groups excluding tert-OH is 1. The number of methoxy groups -OCH3 is 2. The van der Waals surface area contributed by atoms with Crippen LogP contribution >= 0.6 is 0 Å². The Morgan fingerprint density at radius 2 is 1.62 bits per heavy atom. The first-order valence-corrected chi connectivity index (χ1v) is 11.4. The van der Waals surface area contributed by atoms with E-state index in [1.165, 1.54) is 5.56 Å². The molecular weight excluding hydrogens is 406 g/mol. The number of nitrogens with one attached hydrogen (secondary N) is 1. The minimum Gasteiger partial charge on any atom is -0.497 e. The lowest BCUT2D eigenvalue weighted by atomic mass is 10.1. The molecule has 0 radical (unpaired) electrons. The van der Waals surface area contributed by atoms with Crippen LogP contribution in [-0.4, -0.2) is 81.1 Å². The monoisotopic (exact) mass is 443 g/mol. The highest BCUT2D eigenvalue weighted by atomic mass is 16.5. The van der Waals surface area contributed by atoms with Gasteiger partial charge in [0.2, 0.25) is 0 Å². The Morgan fingerprint density at radius 1 is 0.906 bits per heavy atom. The Morgan fingerprint density at radius 3 is 2.31 bits per heavy atom. The molecular formula is C25H37N3O4. The molecule has 7 nitrogen and oxygen atoms in total. The molecule has 0 aromatic heterocycles. The molecule has 7 heteroatoms. The highest BCUT2D eigenvalue weighted by molar-refractivity contribution is 5.43. The molecule has 1 saturated heterocycles. The summed E-state index contributed by atoms with van der Waals surface area (Å²) in [6, 6.07) is 13.9. The van der Waals surface area contributed by atoms with Crippen molar-refractivity contribution >= 4 is 0 Å². The van der Waals surface area contributed by atoms with Gasteiger partial charge in [0, 0.05) is 45.8 Å². The van der Waals surface area contributed by atoms with Crippen LogP contribution in [0.25, 0.3) is 0 Å². The number of benzene rings is 2. The SMILES string of the molecule is CCN1CCN(C[C@H](O)COc2ccc(CNCc3cccc(OC)c3)cc2OC)CC1. The first-order valence-electron chi connectivity index (χ1n) is 11.4. The van der Waals surface area contributed by atoms with Gasteiger partial charge in [0.25, 0.3) is 0 Å². The number of rotatable bonds is 12. The van der Waals surface area contributed by atoms with E-state index in [0.29, 0.717) is 24.6 Å². The number of ether oxygens (including phenoxy) is 3. The van der Waals surface area contributed by atoms with E-state index in [4.69, 9.17) is 14.2 Å². The van der Waals surface area contributed by atoms with E-state index >= 15 is 0 Å². The average molecular weight is 444 g/mol. The molecule has 0 unspecified atom stereocenters. The standard InChI is InChI=1S/C25H37N3O4/c1-4-27-10-12-28(13-11-27)18-22(29)19-32-24-9-8-21(15-25(24)31-3)17-26-16-20-6-5-7-23(14-20)30-2/h5-9,14-15,22,26,29H,4,10-13,16-19H2,1-3H3/t22-/m0/s1. The van der Waals surface area contributed by atoms with Gasteiger partial charge in [-0.2, -0.15) is 0 Å². The normalized spacial score (nSPS) is 16.0. The number of nitrogens with zero attached hydrogens (tertiary/aromatic N) is 2. The van der Waals surface area contributed by atoms with Gasteiger partial charge in [-0.1, -0.05) is 25.1 Å². The molecule has 176 valence electrons. The van der Waals surface area contributed by atoms with E-state index in [0.717, 1.165) is 50.6 Å². The molecule has 2 N–H and O–H groups in total. The summed E-state index contributed by atoms with van der Waals surface area (Å²) in [7, 11) is 3.31. The zero-order chi connectivity index (χ0) is 22.8. The van der Waals surface area contributed by atoms with Crippen molar-refractivity contribution in [3.8, 4) is 17.2 Å². The summed E-state index contributed by atoms with van der Waals surface area (Å²) in [4.78, 5) is 4.73. The number of aliphatic hydroxyl groups is 1. The molecule has 1 aliphatic rings. The van der Waals surface area contributed by atoms with Crippen LogP contribution < -0.4 is 19.5 Å². The highest BCUT2D eigenvalue weighted by Gasteiger charge is 2.19. The summed E-state index contributed by atoms with van der Waals surface area (Å²) in [6.07, 6.45) is -0.530. The van der Waals surface area contributed by atoms with Gasteiger partial charge in [0.05, 0.1) is 14.2 Å². The zero-order valence-electron chi connectivity index (χ0n) is 19.5. The van der Waals surface area contributed by atoms with Gasteiger partial charge in [-0.3, -0.25) is 4.90 Å². The summed E-state index contributed by atoms with van der Waals surface area (Å²) in [5.41, 5.74) is 2.27. The molecule has 1 heterocycles. The summed E-state index contributed by atoms with van der Waals surface area (Å²) in [5, 5.41) is 13.9. The van der Waals surface area contributed by atoms with E-state index < -0.39 is 6.10 Å². The van der Waals surface area contributed by atoms with Gasteiger partial charge in [-0.15, -0.1) is 0 Å². The van der Waals surface area contributed by atoms with E-state index in [1.807, 2.05) is 36.4 Å². The van der Waals surface area contributed by atoms with Crippen LogP contribution in [0.15, 0.2) is 42.5 Å². The summed E-state index contributed by atoms with van der Waals surface area (Å²) in [6.45, 7) is 9.72. The smallest absolute Gasteiger partial charge is 0.161 e. The third kappa shape index (κ3) is 7.38. The van der Waals surface area contributed by atoms with E-state index in [2.05, 4.69) is 28.1 Å². The van der Waals surface area contributed by atoms with Gasteiger partial charge >= 0.3 is 0 Å². The van der Waals surface area contributed by atoms with Crippen molar-refractivity contribution < 1.29 is 19.3 Å². The Labute approximate surface area is 191 Å². The largest absolute Gasteiger partial charge is 0.497 e. The fraction of sp³-hybridized carbons (Fsp3) is 0.520. The van der Waals surface area contributed by atoms with Crippen LogP contribution in [0.5, 0.6) is 17.2 Å². The van der Waals surface area contributed by atoms with Gasteiger partial charge in [-0.05, 0) is 41.9 Å².